The summed E-state index contributed by atoms with van der Waals surface area (Å²) in [5.74, 6) is -0.325. The van der Waals surface area contributed by atoms with Crippen LogP contribution in [0.4, 0.5) is 5.69 Å². The van der Waals surface area contributed by atoms with Crippen LogP contribution in [-0.2, 0) is 11.2 Å². The van der Waals surface area contributed by atoms with E-state index in [9.17, 15) is 9.59 Å². The maximum absolute atomic E-state index is 13.5. The Hall–Kier alpha value is -4.62. The number of amides is 1. The van der Waals surface area contributed by atoms with E-state index in [1.807, 2.05) is 36.4 Å². The lowest BCUT2D eigenvalue weighted by molar-refractivity contribution is -0.111. The number of fused-ring (bicyclic) bond motifs is 1. The molecule has 0 radical (unpaired) electrons. The fraction of sp³-hybridized carbons (Fsp3) is 0.0357. The summed E-state index contributed by atoms with van der Waals surface area (Å²) in [6.07, 6.45) is 8.41. The number of nitrogens with one attached hydrogen (secondary N) is 1. The molecule has 0 unspecified atom stereocenters. The molecule has 5 aromatic rings. The number of aromatic nitrogens is 4. The average molecular weight is 494 g/mol. The van der Waals surface area contributed by atoms with Gasteiger partial charge in [0.1, 0.15) is 11.2 Å². The number of carbonyl (C=O) groups excluding carboxylic acids is 1. The Kier molecular flexibility index (Phi) is 6.64. The predicted octanol–water partition coefficient (Wildman–Crippen LogP) is 5.07. The number of rotatable bonds is 6. The van der Waals surface area contributed by atoms with Gasteiger partial charge in [-0.05, 0) is 59.7 Å². The molecule has 1 N–H and O–H groups in total. The van der Waals surface area contributed by atoms with Crippen molar-refractivity contribution in [3.05, 3.63) is 130 Å². The van der Waals surface area contributed by atoms with Crippen LogP contribution in [0.25, 0.3) is 22.9 Å². The monoisotopic (exact) mass is 493 g/mol. The van der Waals surface area contributed by atoms with Crippen LogP contribution in [-0.4, -0.2) is 25.4 Å². The third-order valence-electron chi connectivity index (χ3n) is 5.47. The van der Waals surface area contributed by atoms with Crippen molar-refractivity contribution < 1.29 is 4.79 Å². The van der Waals surface area contributed by atoms with E-state index in [1.165, 1.54) is 10.6 Å². The highest BCUT2D eigenvalue weighted by Crippen LogP contribution is 2.19. The molecule has 3 aromatic heterocycles. The molecule has 7 nitrogen and oxygen atoms in total. The molecule has 5 rings (SSSR count). The third kappa shape index (κ3) is 5.06. The SMILES string of the molecule is O=C(C=Cc1ccccc1Cl)Nc1cccc(-n2c(=O)c(Cc3cccnc3)nc3cccnc32)c1. The number of carbonyl (C=O) groups is 1. The molecule has 176 valence electrons. The van der Waals surface area contributed by atoms with Gasteiger partial charge in [0.2, 0.25) is 5.91 Å². The smallest absolute Gasteiger partial charge is 0.278 e. The largest absolute Gasteiger partial charge is 0.322 e. The van der Waals surface area contributed by atoms with E-state index >= 15 is 0 Å². The Morgan fingerprint density at radius 2 is 1.86 bits per heavy atom. The highest BCUT2D eigenvalue weighted by atomic mass is 35.5. The van der Waals surface area contributed by atoms with Crippen LogP contribution in [0.1, 0.15) is 16.8 Å². The fourth-order valence-electron chi connectivity index (χ4n) is 3.80. The van der Waals surface area contributed by atoms with Gasteiger partial charge in [-0.2, -0.15) is 0 Å². The molecule has 0 atom stereocenters. The molecular formula is C28H20ClN5O2. The van der Waals surface area contributed by atoms with Gasteiger partial charge >= 0.3 is 0 Å². The summed E-state index contributed by atoms with van der Waals surface area (Å²) in [6.45, 7) is 0. The van der Waals surface area contributed by atoms with E-state index in [2.05, 4.69) is 20.3 Å². The van der Waals surface area contributed by atoms with Crippen molar-refractivity contribution >= 4 is 40.4 Å². The first-order valence-corrected chi connectivity index (χ1v) is 11.6. The van der Waals surface area contributed by atoms with Crippen LogP contribution in [0.5, 0.6) is 0 Å². The fourth-order valence-corrected chi connectivity index (χ4v) is 4.00. The van der Waals surface area contributed by atoms with Crippen LogP contribution in [0, 0.1) is 0 Å². The van der Waals surface area contributed by atoms with Crippen molar-refractivity contribution in [2.45, 2.75) is 6.42 Å². The zero-order chi connectivity index (χ0) is 24.9. The minimum atomic E-state index is -0.325. The quantitative estimate of drug-likeness (QED) is 0.333. The van der Waals surface area contributed by atoms with Gasteiger partial charge in [-0.3, -0.25) is 19.1 Å². The molecular weight excluding hydrogens is 474 g/mol. The van der Waals surface area contributed by atoms with E-state index in [1.54, 1.807) is 61.1 Å². The van der Waals surface area contributed by atoms with Crippen LogP contribution in [0.15, 0.2) is 102 Å². The van der Waals surface area contributed by atoms with Crippen molar-refractivity contribution in [3.8, 4) is 5.69 Å². The van der Waals surface area contributed by atoms with Gasteiger partial charge in [-0.1, -0.05) is 41.9 Å². The molecule has 0 aliphatic rings. The molecule has 0 aliphatic carbocycles. The van der Waals surface area contributed by atoms with Gasteiger partial charge < -0.3 is 5.32 Å². The second-order valence-corrected chi connectivity index (χ2v) is 8.38. The lowest BCUT2D eigenvalue weighted by Crippen LogP contribution is -2.25. The molecule has 8 heteroatoms. The molecule has 0 aliphatic heterocycles. The standard InChI is InChI=1S/C28H20ClN5O2/c29-23-10-2-1-7-20(23)12-13-26(35)32-21-8-3-9-22(17-21)34-27-24(11-5-15-31-27)33-25(28(34)36)16-19-6-4-14-30-18-19/h1-15,17-18H,16H2,(H,32,35). The lowest BCUT2D eigenvalue weighted by atomic mass is 10.1. The number of halogens is 1. The first-order valence-electron chi connectivity index (χ1n) is 11.2. The first kappa shape index (κ1) is 23.1. The lowest BCUT2D eigenvalue weighted by Gasteiger charge is -2.13. The van der Waals surface area contributed by atoms with Gasteiger partial charge in [-0.15, -0.1) is 0 Å². The summed E-state index contributed by atoms with van der Waals surface area (Å²) >= 11 is 6.15. The molecule has 36 heavy (non-hydrogen) atoms. The van der Waals surface area contributed by atoms with Crippen LogP contribution >= 0.6 is 11.6 Å². The number of hydrogen-bond acceptors (Lipinski definition) is 5. The normalized spacial score (nSPS) is 11.1. The molecule has 0 fully saturated rings. The maximum Gasteiger partial charge on any atom is 0.278 e. The van der Waals surface area contributed by atoms with Gasteiger partial charge in [0, 0.05) is 41.8 Å². The Balaban J connectivity index is 1.49. The van der Waals surface area contributed by atoms with Crippen LogP contribution < -0.4 is 10.9 Å². The third-order valence-corrected chi connectivity index (χ3v) is 5.81. The Morgan fingerprint density at radius 1 is 1.00 bits per heavy atom. The van der Waals surface area contributed by atoms with E-state index in [0.29, 0.717) is 39.7 Å². The molecule has 3 heterocycles. The van der Waals surface area contributed by atoms with Crippen LogP contribution in [0.3, 0.4) is 0 Å². The number of nitrogens with zero attached hydrogens (tertiary/aromatic N) is 4. The summed E-state index contributed by atoms with van der Waals surface area (Å²) in [7, 11) is 0. The van der Waals surface area contributed by atoms with Crippen molar-refractivity contribution in [2.75, 3.05) is 5.32 Å². The van der Waals surface area contributed by atoms with E-state index in [0.717, 1.165) is 11.1 Å². The maximum atomic E-state index is 13.5. The summed E-state index contributed by atoms with van der Waals surface area (Å²) in [5, 5.41) is 3.39. The molecule has 1 amide bonds. The minimum absolute atomic E-state index is 0.285. The second kappa shape index (κ2) is 10.3. The van der Waals surface area contributed by atoms with Crippen LogP contribution in [0.2, 0.25) is 5.02 Å². The summed E-state index contributed by atoms with van der Waals surface area (Å²) in [5.41, 5.74) is 3.82. The number of pyridine rings is 2. The molecule has 0 saturated heterocycles. The summed E-state index contributed by atoms with van der Waals surface area (Å²) < 4.78 is 1.52. The first-order chi connectivity index (χ1) is 17.6. The van der Waals surface area contributed by atoms with E-state index in [-0.39, 0.29) is 11.5 Å². The average Bonchev–Trinajstić information content (AvgIpc) is 2.89. The predicted molar refractivity (Wildman–Crippen MR) is 141 cm³/mol. The summed E-state index contributed by atoms with van der Waals surface area (Å²) in [6, 6.07) is 21.6. The highest BCUT2D eigenvalue weighted by Gasteiger charge is 2.15. The number of anilines is 1. The van der Waals surface area contributed by atoms with Gasteiger partial charge in [0.25, 0.3) is 5.56 Å². The Bertz CT molecular complexity index is 1650. The summed E-state index contributed by atoms with van der Waals surface area (Å²) in [4.78, 5) is 39.2. The zero-order valence-electron chi connectivity index (χ0n) is 19.0. The molecule has 0 spiro atoms. The highest BCUT2D eigenvalue weighted by molar-refractivity contribution is 6.32. The van der Waals surface area contributed by atoms with E-state index in [4.69, 9.17) is 11.6 Å². The zero-order valence-corrected chi connectivity index (χ0v) is 19.8. The second-order valence-electron chi connectivity index (χ2n) is 7.98. The molecule has 2 aromatic carbocycles. The van der Waals surface area contributed by atoms with E-state index < -0.39 is 0 Å². The topological polar surface area (TPSA) is 89.8 Å². The Morgan fingerprint density at radius 3 is 2.69 bits per heavy atom. The van der Waals surface area contributed by atoms with Gasteiger partial charge in [-0.25, -0.2) is 9.97 Å². The number of hydrogen-bond donors (Lipinski definition) is 1. The molecule has 0 saturated carbocycles. The van der Waals surface area contributed by atoms with Crippen molar-refractivity contribution in [3.63, 3.8) is 0 Å². The molecule has 0 bridgehead atoms. The van der Waals surface area contributed by atoms with Gasteiger partial charge in [0.15, 0.2) is 5.65 Å². The van der Waals surface area contributed by atoms with Crippen molar-refractivity contribution in [2.24, 2.45) is 0 Å². The van der Waals surface area contributed by atoms with Gasteiger partial charge in [0.05, 0.1) is 5.69 Å². The van der Waals surface area contributed by atoms with Crippen molar-refractivity contribution in [1.29, 1.82) is 0 Å². The Labute approximate surface area is 211 Å². The number of benzene rings is 2. The van der Waals surface area contributed by atoms with Crippen molar-refractivity contribution in [1.82, 2.24) is 19.5 Å². The minimum Gasteiger partial charge on any atom is -0.322 e.